The Morgan fingerprint density at radius 3 is 2.83 bits per heavy atom. The Hall–Kier alpha value is -0.465. The van der Waals surface area contributed by atoms with Gasteiger partial charge in [-0.25, -0.2) is 0 Å². The highest BCUT2D eigenvalue weighted by molar-refractivity contribution is 6.08. The fourth-order valence-corrected chi connectivity index (χ4v) is 2.17. The summed E-state index contributed by atoms with van der Waals surface area (Å²) in [7, 11) is 2.16. The standard InChI is InChI=1S/C9H17BO2/c10-6-2-4-7-3-1-5-8(7)9(11)12/h7-8H,1-6,10H2,(H,11,12)/t7-,8?/m1/s1. The summed E-state index contributed by atoms with van der Waals surface area (Å²) in [6.45, 7) is 0. The molecule has 0 heterocycles. The monoisotopic (exact) mass is 168 g/mol. The third-order valence-corrected chi connectivity index (χ3v) is 2.90. The molecule has 0 aromatic heterocycles. The van der Waals surface area contributed by atoms with Crippen LogP contribution in [0.1, 0.15) is 32.1 Å². The largest absolute Gasteiger partial charge is 0.481 e. The van der Waals surface area contributed by atoms with Crippen molar-refractivity contribution in [1.82, 2.24) is 0 Å². The summed E-state index contributed by atoms with van der Waals surface area (Å²) in [6, 6.07) is 0. The third-order valence-electron chi connectivity index (χ3n) is 2.90. The maximum absolute atomic E-state index is 10.8. The third kappa shape index (κ3) is 2.26. The molecule has 0 radical (unpaired) electrons. The number of aliphatic carboxylic acids is 1. The van der Waals surface area contributed by atoms with Crippen molar-refractivity contribution in [2.45, 2.75) is 38.4 Å². The number of carbonyl (C=O) groups is 1. The second-order valence-electron chi connectivity index (χ2n) is 3.78. The molecule has 0 aromatic rings. The van der Waals surface area contributed by atoms with Crippen molar-refractivity contribution >= 4 is 13.8 Å². The molecule has 2 atom stereocenters. The van der Waals surface area contributed by atoms with E-state index in [4.69, 9.17) is 5.11 Å². The van der Waals surface area contributed by atoms with Crippen molar-refractivity contribution in [2.75, 3.05) is 0 Å². The first kappa shape index (κ1) is 9.62. The molecular formula is C9H17BO2. The Balaban J connectivity index is 2.35. The van der Waals surface area contributed by atoms with E-state index >= 15 is 0 Å². The smallest absolute Gasteiger partial charge is 0.306 e. The van der Waals surface area contributed by atoms with E-state index in [2.05, 4.69) is 7.85 Å². The quantitative estimate of drug-likeness (QED) is 0.642. The van der Waals surface area contributed by atoms with Crippen LogP contribution in [0.25, 0.3) is 0 Å². The minimum Gasteiger partial charge on any atom is -0.481 e. The first-order chi connectivity index (χ1) is 5.75. The number of hydrogen-bond donors (Lipinski definition) is 1. The molecular weight excluding hydrogens is 151 g/mol. The van der Waals surface area contributed by atoms with Crippen LogP contribution < -0.4 is 0 Å². The predicted octanol–water partition coefficient (Wildman–Crippen LogP) is 1.32. The maximum atomic E-state index is 10.8. The van der Waals surface area contributed by atoms with Crippen LogP contribution >= 0.6 is 0 Å². The minimum absolute atomic E-state index is 0.0310. The fraction of sp³-hybridized carbons (Fsp3) is 0.889. The van der Waals surface area contributed by atoms with E-state index in [1.807, 2.05) is 0 Å². The van der Waals surface area contributed by atoms with Crippen molar-refractivity contribution < 1.29 is 9.90 Å². The maximum Gasteiger partial charge on any atom is 0.306 e. The normalized spacial score (nSPS) is 29.0. The van der Waals surface area contributed by atoms with Gasteiger partial charge in [0, 0.05) is 0 Å². The Morgan fingerprint density at radius 2 is 2.25 bits per heavy atom. The van der Waals surface area contributed by atoms with Gasteiger partial charge in [0.05, 0.1) is 5.92 Å². The highest BCUT2D eigenvalue weighted by Gasteiger charge is 2.31. The van der Waals surface area contributed by atoms with Crippen LogP contribution in [0, 0.1) is 11.8 Å². The van der Waals surface area contributed by atoms with E-state index in [0.29, 0.717) is 5.92 Å². The van der Waals surface area contributed by atoms with Gasteiger partial charge in [-0.2, -0.15) is 0 Å². The second-order valence-corrected chi connectivity index (χ2v) is 3.78. The highest BCUT2D eigenvalue weighted by atomic mass is 16.4. The van der Waals surface area contributed by atoms with Gasteiger partial charge in [-0.3, -0.25) is 4.79 Å². The van der Waals surface area contributed by atoms with Gasteiger partial charge in [-0.15, -0.1) is 0 Å². The average Bonchev–Trinajstić information content (AvgIpc) is 2.48. The summed E-state index contributed by atoms with van der Waals surface area (Å²) in [6.07, 6.45) is 6.65. The van der Waals surface area contributed by atoms with Gasteiger partial charge in [0.15, 0.2) is 0 Å². The molecule has 1 unspecified atom stereocenters. The summed E-state index contributed by atoms with van der Waals surface area (Å²) in [5.74, 6) is -0.132. The second kappa shape index (κ2) is 4.53. The summed E-state index contributed by atoms with van der Waals surface area (Å²) in [4.78, 5) is 10.8. The minimum atomic E-state index is -0.575. The molecule has 0 bridgehead atoms. The first-order valence-corrected chi connectivity index (χ1v) is 4.98. The molecule has 1 aliphatic rings. The Morgan fingerprint density at radius 1 is 1.50 bits per heavy atom. The molecule has 1 fully saturated rings. The lowest BCUT2D eigenvalue weighted by atomic mass is 9.88. The van der Waals surface area contributed by atoms with E-state index in [9.17, 15) is 4.79 Å². The van der Waals surface area contributed by atoms with E-state index in [0.717, 1.165) is 25.7 Å². The molecule has 3 heteroatoms. The Bertz CT molecular complexity index is 159. The number of carboxylic acids is 1. The molecule has 2 nitrogen and oxygen atoms in total. The lowest BCUT2D eigenvalue weighted by Gasteiger charge is -2.14. The number of rotatable bonds is 4. The summed E-state index contributed by atoms with van der Waals surface area (Å²) in [5, 5.41) is 8.88. The van der Waals surface area contributed by atoms with Crippen molar-refractivity contribution in [3.63, 3.8) is 0 Å². The van der Waals surface area contributed by atoms with Gasteiger partial charge < -0.3 is 5.11 Å². The van der Waals surface area contributed by atoms with Crippen LogP contribution in [0.2, 0.25) is 6.32 Å². The summed E-state index contributed by atoms with van der Waals surface area (Å²) >= 11 is 0. The molecule has 0 aromatic carbocycles. The SMILES string of the molecule is BCCC[C@H]1CCCC1C(=O)O. The molecule has 1 N–H and O–H groups in total. The van der Waals surface area contributed by atoms with E-state index < -0.39 is 5.97 Å². The lowest BCUT2D eigenvalue weighted by molar-refractivity contribution is -0.143. The van der Waals surface area contributed by atoms with Crippen LogP contribution in [-0.4, -0.2) is 18.9 Å². The van der Waals surface area contributed by atoms with Crippen LogP contribution in [0.15, 0.2) is 0 Å². The van der Waals surface area contributed by atoms with E-state index in [1.54, 1.807) is 0 Å². The molecule has 1 rings (SSSR count). The summed E-state index contributed by atoms with van der Waals surface area (Å²) in [5.41, 5.74) is 0. The number of hydrogen-bond acceptors (Lipinski definition) is 1. The zero-order valence-electron chi connectivity index (χ0n) is 7.75. The van der Waals surface area contributed by atoms with Crippen LogP contribution in [0.4, 0.5) is 0 Å². The van der Waals surface area contributed by atoms with Gasteiger partial charge in [0.25, 0.3) is 0 Å². The zero-order chi connectivity index (χ0) is 8.97. The van der Waals surface area contributed by atoms with Crippen molar-refractivity contribution in [3.8, 4) is 0 Å². The predicted molar refractivity (Wildman–Crippen MR) is 51.1 cm³/mol. The molecule has 1 saturated carbocycles. The fourth-order valence-electron chi connectivity index (χ4n) is 2.17. The van der Waals surface area contributed by atoms with Crippen LogP contribution in [0.5, 0.6) is 0 Å². The Labute approximate surface area is 74.8 Å². The molecule has 68 valence electrons. The molecule has 1 aliphatic carbocycles. The molecule has 0 amide bonds. The first-order valence-electron chi connectivity index (χ1n) is 4.98. The van der Waals surface area contributed by atoms with Crippen molar-refractivity contribution in [3.05, 3.63) is 0 Å². The van der Waals surface area contributed by atoms with Gasteiger partial charge >= 0.3 is 5.97 Å². The Kier molecular flexibility index (Phi) is 3.64. The van der Waals surface area contributed by atoms with Gasteiger partial charge in [-0.1, -0.05) is 25.6 Å². The summed E-state index contributed by atoms with van der Waals surface area (Å²) < 4.78 is 0. The van der Waals surface area contributed by atoms with E-state index in [1.165, 1.54) is 12.7 Å². The topological polar surface area (TPSA) is 37.3 Å². The molecule has 0 saturated heterocycles. The van der Waals surface area contributed by atoms with Gasteiger partial charge in [0.2, 0.25) is 0 Å². The van der Waals surface area contributed by atoms with Crippen LogP contribution in [-0.2, 0) is 4.79 Å². The van der Waals surface area contributed by atoms with Crippen molar-refractivity contribution in [1.29, 1.82) is 0 Å². The molecule has 0 spiro atoms. The van der Waals surface area contributed by atoms with E-state index in [-0.39, 0.29) is 5.92 Å². The van der Waals surface area contributed by atoms with Crippen molar-refractivity contribution in [2.24, 2.45) is 11.8 Å². The molecule has 12 heavy (non-hydrogen) atoms. The number of carboxylic acid groups (broad SMARTS) is 1. The highest BCUT2D eigenvalue weighted by Crippen LogP contribution is 2.35. The lowest BCUT2D eigenvalue weighted by Crippen LogP contribution is -2.18. The van der Waals surface area contributed by atoms with Gasteiger partial charge in [-0.05, 0) is 18.8 Å². The zero-order valence-corrected chi connectivity index (χ0v) is 7.75. The molecule has 0 aliphatic heterocycles. The average molecular weight is 168 g/mol. The van der Waals surface area contributed by atoms with Crippen LogP contribution in [0.3, 0.4) is 0 Å². The van der Waals surface area contributed by atoms with Gasteiger partial charge in [0.1, 0.15) is 7.85 Å².